The first-order valence-corrected chi connectivity index (χ1v) is 6.15. The molecule has 1 fully saturated rings. The maximum atomic E-state index is 8.74. The molecular formula is C15H14N2O3. The molecule has 0 aliphatic carbocycles. The van der Waals surface area contributed by atoms with E-state index < -0.39 is 5.60 Å². The predicted molar refractivity (Wildman–Crippen MR) is 69.8 cm³/mol. The normalized spacial score (nSPS) is 21.1. The number of rotatable bonds is 3. The van der Waals surface area contributed by atoms with Crippen molar-refractivity contribution in [2.24, 2.45) is 0 Å². The smallest absolute Gasteiger partial charge is 0.309 e. The Morgan fingerprint density at radius 2 is 1.80 bits per heavy atom. The van der Waals surface area contributed by atoms with Gasteiger partial charge in [-0.25, -0.2) is 0 Å². The average molecular weight is 270 g/mol. The summed E-state index contributed by atoms with van der Waals surface area (Å²) in [6, 6.07) is 13.3. The van der Waals surface area contributed by atoms with Crippen LogP contribution in [0.3, 0.4) is 0 Å². The highest BCUT2D eigenvalue weighted by atomic mass is 16.7. The topological polar surface area (TPSA) is 75.3 Å². The van der Waals surface area contributed by atoms with E-state index in [1.54, 1.807) is 12.1 Å². The molecule has 20 heavy (non-hydrogen) atoms. The van der Waals surface area contributed by atoms with E-state index in [2.05, 4.69) is 0 Å². The van der Waals surface area contributed by atoms with Crippen molar-refractivity contribution in [1.82, 2.24) is 0 Å². The molecule has 0 aromatic heterocycles. The Balaban J connectivity index is 1.94. The number of nitriles is 2. The van der Waals surface area contributed by atoms with E-state index in [1.165, 1.54) is 0 Å². The zero-order valence-corrected chi connectivity index (χ0v) is 11.1. The van der Waals surface area contributed by atoms with Gasteiger partial charge in [-0.3, -0.25) is 0 Å². The lowest BCUT2D eigenvalue weighted by molar-refractivity contribution is -0.176. The Bertz CT molecular complexity index is 555. The summed E-state index contributed by atoms with van der Waals surface area (Å²) in [5.74, 6) is -0.0178. The van der Waals surface area contributed by atoms with E-state index in [-0.39, 0.29) is 24.7 Å². The largest absolute Gasteiger partial charge is 0.461 e. The molecular weight excluding hydrogens is 256 g/mol. The molecule has 0 atom stereocenters. The summed E-state index contributed by atoms with van der Waals surface area (Å²) in [4.78, 5) is 0. The zero-order chi connectivity index (χ0) is 14.4. The van der Waals surface area contributed by atoms with Crippen LogP contribution in [0, 0.1) is 22.7 Å². The van der Waals surface area contributed by atoms with E-state index in [9.17, 15) is 0 Å². The van der Waals surface area contributed by atoms with Gasteiger partial charge in [0.15, 0.2) is 0 Å². The standard InChI is InChI=1S/C15H14N2O3/c1-15(20-9-12-5-3-2-4-6-12)10-18-14(19-11-15)13(7-16)8-17/h2-6H,9-11H2,1H3. The lowest BCUT2D eigenvalue weighted by Gasteiger charge is -2.34. The van der Waals surface area contributed by atoms with Crippen LogP contribution in [0.1, 0.15) is 12.5 Å². The number of benzene rings is 1. The van der Waals surface area contributed by atoms with Gasteiger partial charge in [-0.1, -0.05) is 30.3 Å². The van der Waals surface area contributed by atoms with Crippen molar-refractivity contribution < 1.29 is 14.2 Å². The minimum atomic E-state index is -0.602. The minimum Gasteiger partial charge on any atom is -0.461 e. The maximum absolute atomic E-state index is 8.74. The predicted octanol–water partition coefficient (Wildman–Crippen LogP) is 2.27. The molecule has 0 N–H and O–H groups in total. The third kappa shape index (κ3) is 3.28. The third-order valence-electron chi connectivity index (χ3n) is 2.88. The van der Waals surface area contributed by atoms with Crippen LogP contribution in [0.5, 0.6) is 0 Å². The molecule has 1 saturated heterocycles. The van der Waals surface area contributed by atoms with Crippen LogP contribution >= 0.6 is 0 Å². The van der Waals surface area contributed by atoms with Gasteiger partial charge in [0.1, 0.15) is 31.0 Å². The number of allylic oxidation sites excluding steroid dienone is 1. The fourth-order valence-corrected chi connectivity index (χ4v) is 1.70. The van der Waals surface area contributed by atoms with E-state index in [0.29, 0.717) is 6.61 Å². The highest BCUT2D eigenvalue weighted by molar-refractivity contribution is 5.36. The Hall–Kier alpha value is -2.50. The highest BCUT2D eigenvalue weighted by Gasteiger charge is 2.34. The maximum Gasteiger partial charge on any atom is 0.309 e. The minimum absolute atomic E-state index is 0.0178. The Morgan fingerprint density at radius 3 is 2.35 bits per heavy atom. The molecule has 102 valence electrons. The van der Waals surface area contributed by atoms with Gasteiger partial charge in [0.25, 0.3) is 0 Å². The first-order chi connectivity index (χ1) is 9.67. The summed E-state index contributed by atoms with van der Waals surface area (Å²) in [7, 11) is 0. The zero-order valence-electron chi connectivity index (χ0n) is 11.1. The first-order valence-electron chi connectivity index (χ1n) is 6.15. The lowest BCUT2D eigenvalue weighted by atomic mass is 10.1. The molecule has 0 unspecified atom stereocenters. The Morgan fingerprint density at radius 1 is 1.20 bits per heavy atom. The molecule has 1 aromatic carbocycles. The molecule has 1 aliphatic heterocycles. The molecule has 1 heterocycles. The summed E-state index contributed by atoms with van der Waals surface area (Å²) in [6.07, 6.45) is 0. The van der Waals surface area contributed by atoms with Gasteiger partial charge < -0.3 is 14.2 Å². The van der Waals surface area contributed by atoms with Crippen molar-refractivity contribution in [2.45, 2.75) is 19.1 Å². The molecule has 0 spiro atoms. The fourth-order valence-electron chi connectivity index (χ4n) is 1.70. The van der Waals surface area contributed by atoms with Gasteiger partial charge in [-0.2, -0.15) is 10.5 Å². The van der Waals surface area contributed by atoms with Gasteiger partial charge in [-0.15, -0.1) is 0 Å². The van der Waals surface area contributed by atoms with Crippen LogP contribution < -0.4 is 0 Å². The summed E-state index contributed by atoms with van der Waals surface area (Å²) < 4.78 is 16.4. The van der Waals surface area contributed by atoms with Crippen LogP contribution in [0.25, 0.3) is 0 Å². The third-order valence-corrected chi connectivity index (χ3v) is 2.88. The summed E-state index contributed by atoms with van der Waals surface area (Å²) in [5, 5.41) is 17.5. The molecule has 0 bridgehead atoms. The van der Waals surface area contributed by atoms with Crippen LogP contribution in [-0.2, 0) is 20.8 Å². The van der Waals surface area contributed by atoms with E-state index in [0.717, 1.165) is 5.56 Å². The monoisotopic (exact) mass is 270 g/mol. The van der Waals surface area contributed by atoms with Crippen LogP contribution in [-0.4, -0.2) is 18.8 Å². The number of hydrogen-bond donors (Lipinski definition) is 0. The molecule has 5 heteroatoms. The summed E-state index contributed by atoms with van der Waals surface area (Å²) in [5.41, 5.74) is 0.301. The molecule has 5 nitrogen and oxygen atoms in total. The van der Waals surface area contributed by atoms with Gasteiger partial charge in [0.05, 0.1) is 6.61 Å². The second-order valence-electron chi connectivity index (χ2n) is 4.69. The van der Waals surface area contributed by atoms with Gasteiger partial charge in [-0.05, 0) is 12.5 Å². The van der Waals surface area contributed by atoms with Gasteiger partial charge in [0.2, 0.25) is 5.57 Å². The Kier molecular flexibility index (Phi) is 4.24. The van der Waals surface area contributed by atoms with Crippen molar-refractivity contribution in [3.8, 4) is 12.1 Å². The molecule has 2 rings (SSSR count). The highest BCUT2D eigenvalue weighted by Crippen LogP contribution is 2.24. The van der Waals surface area contributed by atoms with Crippen LogP contribution in [0.2, 0.25) is 0 Å². The van der Waals surface area contributed by atoms with E-state index >= 15 is 0 Å². The van der Waals surface area contributed by atoms with Crippen molar-refractivity contribution >= 4 is 0 Å². The quantitative estimate of drug-likeness (QED) is 0.787. The molecule has 0 amide bonds. The lowest BCUT2D eigenvalue weighted by Crippen LogP contribution is -2.43. The number of hydrogen-bond acceptors (Lipinski definition) is 5. The Labute approximate surface area is 117 Å². The SMILES string of the molecule is CC1(OCc2ccccc2)COC(=C(C#N)C#N)OC1. The second-order valence-corrected chi connectivity index (χ2v) is 4.69. The summed E-state index contributed by atoms with van der Waals surface area (Å²) in [6.45, 7) is 2.79. The molecule has 1 aromatic rings. The van der Waals surface area contributed by atoms with Crippen molar-refractivity contribution in [3.05, 3.63) is 47.4 Å². The van der Waals surface area contributed by atoms with Gasteiger partial charge >= 0.3 is 5.95 Å². The average Bonchev–Trinajstić information content (AvgIpc) is 2.50. The van der Waals surface area contributed by atoms with Crippen LogP contribution in [0.4, 0.5) is 0 Å². The molecule has 1 aliphatic rings. The first kappa shape index (κ1) is 13.9. The van der Waals surface area contributed by atoms with Crippen molar-refractivity contribution in [2.75, 3.05) is 13.2 Å². The molecule has 0 radical (unpaired) electrons. The number of nitrogens with zero attached hydrogens (tertiary/aromatic N) is 2. The van der Waals surface area contributed by atoms with Crippen molar-refractivity contribution in [3.63, 3.8) is 0 Å². The summed E-state index contributed by atoms with van der Waals surface area (Å²) >= 11 is 0. The van der Waals surface area contributed by atoms with Crippen LogP contribution in [0.15, 0.2) is 41.9 Å². The number of ether oxygens (including phenoxy) is 3. The fraction of sp³-hybridized carbons (Fsp3) is 0.333. The molecule has 0 saturated carbocycles. The van der Waals surface area contributed by atoms with Gasteiger partial charge in [0, 0.05) is 0 Å². The van der Waals surface area contributed by atoms with Crippen molar-refractivity contribution in [1.29, 1.82) is 10.5 Å². The van der Waals surface area contributed by atoms with E-state index in [1.807, 2.05) is 37.3 Å². The van der Waals surface area contributed by atoms with E-state index in [4.69, 9.17) is 24.7 Å². The second kappa shape index (κ2) is 6.10.